The van der Waals surface area contributed by atoms with Crippen LogP contribution in [0.1, 0.15) is 22.6 Å². The van der Waals surface area contributed by atoms with Crippen LogP contribution in [0.5, 0.6) is 0 Å². The predicted molar refractivity (Wildman–Crippen MR) is 131 cm³/mol. The quantitative estimate of drug-likeness (QED) is 0.498. The highest BCUT2D eigenvalue weighted by Crippen LogP contribution is 2.34. The van der Waals surface area contributed by atoms with Gasteiger partial charge in [0.15, 0.2) is 0 Å². The van der Waals surface area contributed by atoms with Crippen molar-refractivity contribution in [1.82, 2.24) is 0 Å². The molecule has 0 saturated heterocycles. The summed E-state index contributed by atoms with van der Waals surface area (Å²) in [5.74, 6) is 0.212. The van der Waals surface area contributed by atoms with Crippen LogP contribution in [0.3, 0.4) is 0 Å². The Morgan fingerprint density at radius 2 is 0.621 bits per heavy atom. The van der Waals surface area contributed by atoms with Gasteiger partial charge < -0.3 is 14.7 Å². The number of benzene rings is 3. The zero-order valence-corrected chi connectivity index (χ0v) is 19.1. The van der Waals surface area contributed by atoms with E-state index in [9.17, 15) is 0 Å². The van der Waals surface area contributed by atoms with Crippen molar-refractivity contribution >= 4 is 29.5 Å². The first-order chi connectivity index (χ1) is 13.4. The van der Waals surface area contributed by atoms with Crippen LogP contribution in [0.2, 0.25) is 0 Å². The van der Waals surface area contributed by atoms with E-state index in [0.29, 0.717) is 0 Å². The minimum atomic E-state index is 0. The second-order valence-electron chi connectivity index (χ2n) is 7.89. The zero-order valence-electron chi connectivity index (χ0n) is 18.3. The molecule has 0 bridgehead atoms. The lowest BCUT2D eigenvalue weighted by Gasteiger charge is -2.22. The Labute approximate surface area is 182 Å². The number of nitrogens with zero attached hydrogens (tertiary/aromatic N) is 3. The Balaban J connectivity index is 0.00000300. The van der Waals surface area contributed by atoms with Crippen LogP contribution in [-0.4, -0.2) is 42.3 Å². The van der Waals surface area contributed by atoms with E-state index in [1.165, 1.54) is 33.8 Å². The van der Waals surface area contributed by atoms with Gasteiger partial charge in [-0.3, -0.25) is 0 Å². The number of halogens is 1. The first kappa shape index (κ1) is 22.6. The minimum absolute atomic E-state index is 0. The third-order valence-corrected chi connectivity index (χ3v) is 5.23. The summed E-state index contributed by atoms with van der Waals surface area (Å²) < 4.78 is 0. The summed E-state index contributed by atoms with van der Waals surface area (Å²) >= 11 is 0. The largest absolute Gasteiger partial charge is 0.378 e. The van der Waals surface area contributed by atoms with Crippen LogP contribution in [-0.2, 0) is 0 Å². The Kier molecular flexibility index (Phi) is 7.58. The van der Waals surface area contributed by atoms with Crippen LogP contribution in [0, 0.1) is 0 Å². The fourth-order valence-corrected chi connectivity index (χ4v) is 3.47. The molecule has 0 aliphatic heterocycles. The van der Waals surface area contributed by atoms with Gasteiger partial charge in [-0.25, -0.2) is 0 Å². The van der Waals surface area contributed by atoms with E-state index in [1.54, 1.807) is 0 Å². The molecule has 3 aromatic rings. The second kappa shape index (κ2) is 9.71. The molecule has 0 fully saturated rings. The molecule has 0 radical (unpaired) electrons. The van der Waals surface area contributed by atoms with Gasteiger partial charge in [0, 0.05) is 65.3 Å². The summed E-state index contributed by atoms with van der Waals surface area (Å²) in [5.41, 5.74) is 7.57. The summed E-state index contributed by atoms with van der Waals surface area (Å²) in [6.07, 6.45) is 0. The molecule has 0 saturated carbocycles. The molecule has 154 valence electrons. The molecule has 0 amide bonds. The molecule has 0 unspecified atom stereocenters. The maximum Gasteiger partial charge on any atom is 0.0361 e. The van der Waals surface area contributed by atoms with Crippen molar-refractivity contribution in [2.45, 2.75) is 5.92 Å². The normalized spacial score (nSPS) is 10.4. The summed E-state index contributed by atoms with van der Waals surface area (Å²) in [7, 11) is 12.5. The van der Waals surface area contributed by atoms with Gasteiger partial charge in [0.1, 0.15) is 0 Å². The van der Waals surface area contributed by atoms with Crippen LogP contribution in [0.4, 0.5) is 17.1 Å². The molecular formula is C25H32ClN3. The number of hydrogen-bond acceptors (Lipinski definition) is 3. The number of hydrogen-bond donors (Lipinski definition) is 0. The molecule has 0 atom stereocenters. The third kappa shape index (κ3) is 5.24. The van der Waals surface area contributed by atoms with E-state index >= 15 is 0 Å². The van der Waals surface area contributed by atoms with E-state index in [0.717, 1.165) is 0 Å². The summed E-state index contributed by atoms with van der Waals surface area (Å²) in [6.45, 7) is 0. The van der Waals surface area contributed by atoms with Crippen LogP contribution in [0.25, 0.3) is 0 Å². The third-order valence-electron chi connectivity index (χ3n) is 5.23. The van der Waals surface area contributed by atoms with Crippen molar-refractivity contribution in [2.24, 2.45) is 0 Å². The van der Waals surface area contributed by atoms with Crippen LogP contribution in [0.15, 0.2) is 72.8 Å². The molecule has 29 heavy (non-hydrogen) atoms. The molecule has 0 aliphatic carbocycles. The Morgan fingerprint density at radius 1 is 0.414 bits per heavy atom. The SMILES string of the molecule is CN(C)c1ccc(C(c2ccc(N(C)C)cc2)c2ccc(N(C)C)cc2)cc1.Cl. The number of rotatable bonds is 6. The molecule has 0 aromatic heterocycles. The lowest BCUT2D eigenvalue weighted by molar-refractivity contribution is 0.971. The molecule has 3 rings (SSSR count). The molecule has 0 spiro atoms. The van der Waals surface area contributed by atoms with Gasteiger partial charge in [0.2, 0.25) is 0 Å². The topological polar surface area (TPSA) is 9.72 Å². The van der Waals surface area contributed by atoms with Gasteiger partial charge in [-0.15, -0.1) is 12.4 Å². The molecule has 4 heteroatoms. The van der Waals surface area contributed by atoms with Crippen LogP contribution >= 0.6 is 12.4 Å². The zero-order chi connectivity index (χ0) is 20.3. The standard InChI is InChI=1S/C25H31N3.ClH/c1-26(2)22-13-7-19(8-14-22)25(20-9-15-23(16-10-20)27(3)4)21-11-17-24(18-12-21)28(5)6;/h7-18,25H,1-6H3;1H. The van der Waals surface area contributed by atoms with Gasteiger partial charge in [-0.1, -0.05) is 36.4 Å². The molecule has 0 N–H and O–H groups in total. The number of anilines is 3. The van der Waals surface area contributed by atoms with Gasteiger partial charge in [-0.05, 0) is 53.1 Å². The Morgan fingerprint density at radius 3 is 0.793 bits per heavy atom. The highest BCUT2D eigenvalue weighted by molar-refractivity contribution is 5.85. The Hall–Kier alpha value is -2.65. The lowest BCUT2D eigenvalue weighted by Crippen LogP contribution is -2.11. The van der Waals surface area contributed by atoms with Gasteiger partial charge in [0.25, 0.3) is 0 Å². The van der Waals surface area contributed by atoms with Gasteiger partial charge in [-0.2, -0.15) is 0 Å². The van der Waals surface area contributed by atoms with E-state index in [-0.39, 0.29) is 18.3 Å². The van der Waals surface area contributed by atoms with E-state index in [4.69, 9.17) is 0 Å². The summed E-state index contributed by atoms with van der Waals surface area (Å²) in [4.78, 5) is 6.41. The maximum atomic E-state index is 2.25. The van der Waals surface area contributed by atoms with E-state index in [2.05, 4.69) is 130 Å². The first-order valence-electron chi connectivity index (χ1n) is 9.68. The van der Waals surface area contributed by atoms with Crippen molar-refractivity contribution in [2.75, 3.05) is 57.0 Å². The van der Waals surface area contributed by atoms with Crippen molar-refractivity contribution in [3.63, 3.8) is 0 Å². The Bertz CT molecular complexity index is 760. The maximum absolute atomic E-state index is 2.25. The van der Waals surface area contributed by atoms with Crippen molar-refractivity contribution < 1.29 is 0 Å². The van der Waals surface area contributed by atoms with Crippen molar-refractivity contribution in [3.8, 4) is 0 Å². The highest BCUT2D eigenvalue weighted by atomic mass is 35.5. The molecule has 0 heterocycles. The van der Waals surface area contributed by atoms with Crippen LogP contribution < -0.4 is 14.7 Å². The first-order valence-corrected chi connectivity index (χ1v) is 9.68. The van der Waals surface area contributed by atoms with E-state index < -0.39 is 0 Å². The fourth-order valence-electron chi connectivity index (χ4n) is 3.47. The average Bonchev–Trinajstić information content (AvgIpc) is 2.69. The van der Waals surface area contributed by atoms with Crippen molar-refractivity contribution in [1.29, 1.82) is 0 Å². The smallest absolute Gasteiger partial charge is 0.0361 e. The summed E-state index contributed by atoms with van der Waals surface area (Å²) in [5, 5.41) is 0. The molecule has 0 aliphatic rings. The molecule has 3 nitrogen and oxygen atoms in total. The summed E-state index contributed by atoms with van der Waals surface area (Å²) in [6, 6.07) is 26.7. The molecular weight excluding hydrogens is 378 g/mol. The fraction of sp³-hybridized carbons (Fsp3) is 0.280. The van der Waals surface area contributed by atoms with Gasteiger partial charge in [0.05, 0.1) is 0 Å². The molecule has 3 aromatic carbocycles. The monoisotopic (exact) mass is 409 g/mol. The highest BCUT2D eigenvalue weighted by Gasteiger charge is 2.17. The van der Waals surface area contributed by atoms with Crippen molar-refractivity contribution in [3.05, 3.63) is 89.5 Å². The average molecular weight is 410 g/mol. The second-order valence-corrected chi connectivity index (χ2v) is 7.89. The van der Waals surface area contributed by atoms with Gasteiger partial charge >= 0.3 is 0 Å². The lowest BCUT2D eigenvalue weighted by atomic mass is 9.85. The predicted octanol–water partition coefficient (Wildman–Crippen LogP) is 5.49. The van der Waals surface area contributed by atoms with E-state index in [1.807, 2.05) is 0 Å². The minimum Gasteiger partial charge on any atom is -0.378 e.